The second-order valence-electron chi connectivity index (χ2n) is 7.54. The van der Waals surface area contributed by atoms with Gasteiger partial charge >= 0.3 is 7.82 Å². The van der Waals surface area contributed by atoms with E-state index in [-0.39, 0.29) is 18.7 Å². The van der Waals surface area contributed by atoms with Gasteiger partial charge < -0.3 is 20.8 Å². The predicted octanol–water partition coefficient (Wildman–Crippen LogP) is 3.46. The SMILES string of the molecule is CCCCCCCCCCCCCCC(=O)C(CN)OP(=O)(O)OCC(O)CO. The number of phosphoric ester groups is 1. The van der Waals surface area contributed by atoms with Crippen molar-refractivity contribution in [2.75, 3.05) is 19.8 Å². The van der Waals surface area contributed by atoms with E-state index in [0.29, 0.717) is 6.42 Å². The highest BCUT2D eigenvalue weighted by atomic mass is 31.2. The topological polar surface area (TPSA) is 139 Å². The Morgan fingerprint density at radius 1 is 0.966 bits per heavy atom. The number of carbonyl (C=O) groups excluding carboxylic acids is 1. The maximum absolute atomic E-state index is 12.1. The van der Waals surface area contributed by atoms with Crippen molar-refractivity contribution >= 4 is 13.6 Å². The molecule has 0 saturated heterocycles. The van der Waals surface area contributed by atoms with E-state index >= 15 is 0 Å². The molecule has 5 N–H and O–H groups in total. The van der Waals surface area contributed by atoms with E-state index in [1.165, 1.54) is 51.4 Å². The molecule has 0 aromatic rings. The third-order valence-electron chi connectivity index (χ3n) is 4.75. The number of carbonyl (C=O) groups is 1. The Bertz CT molecular complexity index is 451. The first-order valence-corrected chi connectivity index (χ1v) is 12.5. The highest BCUT2D eigenvalue weighted by molar-refractivity contribution is 7.47. The Balaban J connectivity index is 3.81. The molecule has 0 aliphatic carbocycles. The van der Waals surface area contributed by atoms with Crippen LogP contribution in [0.5, 0.6) is 0 Å². The minimum atomic E-state index is -4.53. The van der Waals surface area contributed by atoms with Crippen LogP contribution in [0.2, 0.25) is 0 Å². The Morgan fingerprint density at radius 3 is 1.90 bits per heavy atom. The van der Waals surface area contributed by atoms with E-state index in [2.05, 4.69) is 11.4 Å². The molecule has 0 spiro atoms. The Morgan fingerprint density at radius 2 is 1.45 bits per heavy atom. The molecular formula is C20H42NO7P. The summed E-state index contributed by atoms with van der Waals surface area (Å²) in [5.41, 5.74) is 5.48. The standard InChI is InChI=1S/C20H42NO7P/c1-2-3-4-5-6-7-8-9-10-11-12-13-14-19(24)20(15-21)28-29(25,26)27-17-18(23)16-22/h18,20,22-23H,2-17,21H2,1H3,(H,25,26). The van der Waals surface area contributed by atoms with Crippen LogP contribution in [0.1, 0.15) is 90.4 Å². The lowest BCUT2D eigenvalue weighted by atomic mass is 10.0. The zero-order chi connectivity index (χ0) is 22.0. The summed E-state index contributed by atoms with van der Waals surface area (Å²) in [7, 11) is -4.53. The third-order valence-corrected chi connectivity index (χ3v) is 5.75. The van der Waals surface area contributed by atoms with Gasteiger partial charge in [0.1, 0.15) is 12.2 Å². The lowest BCUT2D eigenvalue weighted by Crippen LogP contribution is -2.32. The average Bonchev–Trinajstić information content (AvgIpc) is 2.70. The predicted molar refractivity (Wildman–Crippen MR) is 113 cm³/mol. The number of hydrogen-bond acceptors (Lipinski definition) is 7. The molecule has 0 bridgehead atoms. The van der Waals surface area contributed by atoms with Gasteiger partial charge in [-0.25, -0.2) is 4.57 Å². The molecular weight excluding hydrogens is 397 g/mol. The van der Waals surface area contributed by atoms with Crippen molar-refractivity contribution in [2.45, 2.75) is 103 Å². The highest BCUT2D eigenvalue weighted by Crippen LogP contribution is 2.44. The van der Waals surface area contributed by atoms with E-state index in [1.807, 2.05) is 0 Å². The second kappa shape index (κ2) is 18.4. The molecule has 0 rings (SSSR count). The third kappa shape index (κ3) is 17.1. The Labute approximate surface area is 175 Å². The summed E-state index contributed by atoms with van der Waals surface area (Å²) in [6, 6.07) is 0. The molecule has 29 heavy (non-hydrogen) atoms. The molecule has 9 heteroatoms. The maximum atomic E-state index is 12.1. The largest absolute Gasteiger partial charge is 0.473 e. The fourth-order valence-corrected chi connectivity index (χ4v) is 3.91. The Kier molecular flexibility index (Phi) is 18.2. The van der Waals surface area contributed by atoms with Crippen LogP contribution in [-0.2, 0) is 18.4 Å². The van der Waals surface area contributed by atoms with Gasteiger partial charge in [-0.1, -0.05) is 77.6 Å². The van der Waals surface area contributed by atoms with Crippen molar-refractivity contribution in [1.29, 1.82) is 0 Å². The average molecular weight is 440 g/mol. The van der Waals surface area contributed by atoms with E-state index in [4.69, 9.17) is 20.5 Å². The van der Waals surface area contributed by atoms with E-state index < -0.39 is 33.2 Å². The van der Waals surface area contributed by atoms with Gasteiger partial charge in [-0.05, 0) is 6.42 Å². The van der Waals surface area contributed by atoms with Gasteiger partial charge in [0, 0.05) is 13.0 Å². The zero-order valence-electron chi connectivity index (χ0n) is 18.0. The molecule has 8 nitrogen and oxygen atoms in total. The summed E-state index contributed by atoms with van der Waals surface area (Å²) < 4.78 is 21.2. The number of unbranched alkanes of at least 4 members (excludes halogenated alkanes) is 11. The van der Waals surface area contributed by atoms with Crippen molar-refractivity contribution in [3.8, 4) is 0 Å². The normalized spacial score (nSPS) is 15.8. The molecule has 0 radical (unpaired) electrons. The van der Waals surface area contributed by atoms with E-state index in [0.717, 1.165) is 19.3 Å². The smallest absolute Gasteiger partial charge is 0.394 e. The van der Waals surface area contributed by atoms with E-state index in [1.54, 1.807) is 0 Å². The maximum Gasteiger partial charge on any atom is 0.473 e. The second-order valence-corrected chi connectivity index (χ2v) is 8.94. The van der Waals surface area contributed by atoms with Gasteiger partial charge in [-0.2, -0.15) is 0 Å². The number of hydrogen-bond donors (Lipinski definition) is 4. The first-order valence-electron chi connectivity index (χ1n) is 11.0. The molecule has 0 saturated carbocycles. The first kappa shape index (κ1) is 28.7. The summed E-state index contributed by atoms with van der Waals surface area (Å²) in [5.74, 6) is -0.333. The van der Waals surface area contributed by atoms with Crippen LogP contribution in [0, 0.1) is 0 Å². The molecule has 3 atom stereocenters. The van der Waals surface area contributed by atoms with Crippen LogP contribution in [-0.4, -0.2) is 52.9 Å². The molecule has 174 valence electrons. The van der Waals surface area contributed by atoms with Crippen molar-refractivity contribution in [3.63, 3.8) is 0 Å². The number of rotatable bonds is 21. The molecule has 0 aliphatic heterocycles. The molecule has 0 aromatic heterocycles. The fourth-order valence-electron chi connectivity index (χ4n) is 2.96. The van der Waals surface area contributed by atoms with Gasteiger partial charge in [0.25, 0.3) is 0 Å². The van der Waals surface area contributed by atoms with Crippen LogP contribution in [0.3, 0.4) is 0 Å². The summed E-state index contributed by atoms with van der Waals surface area (Å²) >= 11 is 0. The lowest BCUT2D eigenvalue weighted by molar-refractivity contribution is -0.126. The van der Waals surface area contributed by atoms with Crippen molar-refractivity contribution in [3.05, 3.63) is 0 Å². The Hall–Kier alpha value is -0.340. The van der Waals surface area contributed by atoms with Crippen LogP contribution in [0.15, 0.2) is 0 Å². The number of aliphatic hydroxyl groups is 2. The van der Waals surface area contributed by atoms with Crippen molar-refractivity contribution in [1.82, 2.24) is 0 Å². The molecule has 3 unspecified atom stereocenters. The molecule has 0 amide bonds. The number of ketones is 1. The first-order chi connectivity index (χ1) is 13.9. The number of aliphatic hydroxyl groups excluding tert-OH is 2. The summed E-state index contributed by atoms with van der Waals surface area (Å²) in [6.45, 7) is 0.809. The summed E-state index contributed by atoms with van der Waals surface area (Å²) in [5, 5.41) is 17.8. The quantitative estimate of drug-likeness (QED) is 0.157. The number of Topliss-reactive ketones (excluding diaryl/α,β-unsaturated/α-hetero) is 1. The van der Waals surface area contributed by atoms with Gasteiger partial charge in [0.15, 0.2) is 5.78 Å². The monoisotopic (exact) mass is 439 g/mol. The molecule has 0 aliphatic rings. The highest BCUT2D eigenvalue weighted by Gasteiger charge is 2.30. The minimum Gasteiger partial charge on any atom is -0.394 e. The van der Waals surface area contributed by atoms with Crippen molar-refractivity contribution < 1.29 is 33.5 Å². The number of phosphoric acid groups is 1. The summed E-state index contributed by atoms with van der Waals surface area (Å²) in [4.78, 5) is 21.7. The van der Waals surface area contributed by atoms with Gasteiger partial charge in [-0.3, -0.25) is 13.8 Å². The molecule has 0 fully saturated rings. The van der Waals surface area contributed by atoms with Crippen molar-refractivity contribution in [2.24, 2.45) is 5.73 Å². The lowest BCUT2D eigenvalue weighted by Gasteiger charge is -2.19. The van der Waals surface area contributed by atoms with Crippen LogP contribution >= 0.6 is 7.82 Å². The van der Waals surface area contributed by atoms with Gasteiger partial charge in [-0.15, -0.1) is 0 Å². The molecule has 0 aromatic carbocycles. The van der Waals surface area contributed by atoms with Crippen LogP contribution < -0.4 is 5.73 Å². The van der Waals surface area contributed by atoms with Gasteiger partial charge in [0.2, 0.25) is 0 Å². The van der Waals surface area contributed by atoms with Gasteiger partial charge in [0.05, 0.1) is 13.2 Å². The number of nitrogens with two attached hydrogens (primary N) is 1. The molecule has 0 heterocycles. The minimum absolute atomic E-state index is 0.229. The van der Waals surface area contributed by atoms with Crippen LogP contribution in [0.25, 0.3) is 0 Å². The summed E-state index contributed by atoms with van der Waals surface area (Å²) in [6.07, 6.45) is 12.0. The zero-order valence-corrected chi connectivity index (χ0v) is 18.9. The van der Waals surface area contributed by atoms with E-state index in [9.17, 15) is 14.3 Å². The van der Waals surface area contributed by atoms with Crippen LogP contribution in [0.4, 0.5) is 0 Å². The fraction of sp³-hybridized carbons (Fsp3) is 0.950.